The Morgan fingerprint density at radius 2 is 1.94 bits per heavy atom. The zero-order valence-corrected chi connectivity index (χ0v) is 10.6. The molecule has 1 aromatic heterocycles. The number of rotatable bonds is 3. The van der Waals surface area contributed by atoms with E-state index < -0.39 is 0 Å². The molecule has 1 aliphatic rings. The minimum atomic E-state index is 0.917. The summed E-state index contributed by atoms with van der Waals surface area (Å²) in [6, 6.07) is 6.63. The maximum Gasteiger partial charge on any atom is 0.0267 e. The lowest BCUT2D eigenvalue weighted by atomic mass is 10.2. The van der Waals surface area contributed by atoms with Crippen LogP contribution in [0.3, 0.4) is 0 Å². The van der Waals surface area contributed by atoms with Gasteiger partial charge in [0.05, 0.1) is 0 Å². The van der Waals surface area contributed by atoms with Crippen LogP contribution in [0.15, 0.2) is 30.6 Å². The number of nitrogens with zero attached hydrogens (tertiary/aromatic N) is 2. The predicted octanol–water partition coefficient (Wildman–Crippen LogP) is 3.35. The van der Waals surface area contributed by atoms with Gasteiger partial charge in [0.25, 0.3) is 0 Å². The average molecular weight is 220 g/mol. The normalized spacial score (nSPS) is 20.2. The lowest BCUT2D eigenvalue weighted by Crippen LogP contribution is -2.29. The molecule has 0 N–H and O–H groups in total. The van der Waals surface area contributed by atoms with Crippen molar-refractivity contribution in [3.05, 3.63) is 30.6 Å². The Labute approximate surface area is 99.7 Å². The van der Waals surface area contributed by atoms with Crippen LogP contribution in [0.1, 0.15) is 39.5 Å². The summed E-state index contributed by atoms with van der Waals surface area (Å²) < 4.78 is 0. The molecule has 0 aliphatic carbocycles. The van der Waals surface area contributed by atoms with Gasteiger partial charge in [-0.3, -0.25) is 4.98 Å². The van der Waals surface area contributed by atoms with Crippen LogP contribution in [-0.2, 0) is 0 Å². The minimum absolute atomic E-state index is 0.917. The molecular formula is C14H24N2. The highest BCUT2D eigenvalue weighted by atomic mass is 15.2. The van der Waals surface area contributed by atoms with E-state index in [1.54, 1.807) is 12.4 Å². The Hall–Kier alpha value is -0.890. The molecule has 0 aromatic carbocycles. The van der Waals surface area contributed by atoms with Gasteiger partial charge >= 0.3 is 0 Å². The fourth-order valence-corrected chi connectivity index (χ4v) is 2.25. The molecule has 0 radical (unpaired) electrons. The van der Waals surface area contributed by atoms with E-state index in [1.807, 2.05) is 18.2 Å². The number of likely N-dealkylation sites (tertiary alicyclic amines) is 1. The minimum Gasteiger partial charge on any atom is -0.300 e. The Bertz CT molecular complexity index is 221. The molecular weight excluding hydrogens is 196 g/mol. The molecule has 0 saturated carbocycles. The van der Waals surface area contributed by atoms with E-state index in [0.717, 1.165) is 6.04 Å². The van der Waals surface area contributed by atoms with Crippen molar-refractivity contribution in [3.8, 4) is 0 Å². The maximum absolute atomic E-state index is 3.78. The predicted molar refractivity (Wildman–Crippen MR) is 69.4 cm³/mol. The van der Waals surface area contributed by atoms with Crippen LogP contribution in [0.4, 0.5) is 0 Å². The lowest BCUT2D eigenvalue weighted by molar-refractivity contribution is 0.249. The smallest absolute Gasteiger partial charge is 0.0267 e. The first kappa shape index (κ1) is 13.2. The molecule has 1 saturated heterocycles. The second-order valence-electron chi connectivity index (χ2n) is 4.26. The van der Waals surface area contributed by atoms with E-state index in [0.29, 0.717) is 0 Å². The molecule has 90 valence electrons. The second-order valence-corrected chi connectivity index (χ2v) is 4.26. The quantitative estimate of drug-likeness (QED) is 0.776. The summed E-state index contributed by atoms with van der Waals surface area (Å²) in [5.74, 6) is 0. The van der Waals surface area contributed by atoms with Gasteiger partial charge in [0.15, 0.2) is 0 Å². The summed E-state index contributed by atoms with van der Waals surface area (Å²) in [4.78, 5) is 6.42. The molecule has 16 heavy (non-hydrogen) atoms. The highest BCUT2D eigenvalue weighted by Crippen LogP contribution is 2.19. The number of aromatic nitrogens is 1. The van der Waals surface area contributed by atoms with Crippen molar-refractivity contribution in [2.45, 2.75) is 45.6 Å². The molecule has 1 aromatic rings. The van der Waals surface area contributed by atoms with Gasteiger partial charge in [0.1, 0.15) is 0 Å². The van der Waals surface area contributed by atoms with Gasteiger partial charge < -0.3 is 4.90 Å². The summed E-state index contributed by atoms with van der Waals surface area (Å²) in [5.41, 5.74) is 0. The Balaban J connectivity index is 0.000000181. The van der Waals surface area contributed by atoms with Crippen LogP contribution in [0, 0.1) is 0 Å². The maximum atomic E-state index is 3.78. The molecule has 1 fully saturated rings. The van der Waals surface area contributed by atoms with E-state index in [2.05, 4.69) is 23.7 Å². The van der Waals surface area contributed by atoms with Gasteiger partial charge in [-0.2, -0.15) is 0 Å². The lowest BCUT2D eigenvalue weighted by Gasteiger charge is -2.21. The van der Waals surface area contributed by atoms with Crippen LogP contribution in [-0.4, -0.2) is 29.0 Å². The first-order valence-corrected chi connectivity index (χ1v) is 6.47. The Morgan fingerprint density at radius 3 is 2.38 bits per heavy atom. The van der Waals surface area contributed by atoms with E-state index in [4.69, 9.17) is 0 Å². The second kappa shape index (κ2) is 8.28. The average Bonchev–Trinajstić information content (AvgIpc) is 2.80. The van der Waals surface area contributed by atoms with Crippen molar-refractivity contribution < 1.29 is 0 Å². The van der Waals surface area contributed by atoms with Crippen LogP contribution in [0.2, 0.25) is 0 Å². The molecule has 1 atom stereocenters. The van der Waals surface area contributed by atoms with Crippen LogP contribution in [0.25, 0.3) is 0 Å². The molecule has 1 aliphatic heterocycles. The van der Waals surface area contributed by atoms with Gasteiger partial charge in [-0.1, -0.05) is 19.9 Å². The summed E-state index contributed by atoms with van der Waals surface area (Å²) in [7, 11) is 0. The SMILES string of the molecule is CCCN1CCC[C@H]1CC.c1ccncc1. The van der Waals surface area contributed by atoms with Crippen molar-refractivity contribution in [2.24, 2.45) is 0 Å². The summed E-state index contributed by atoms with van der Waals surface area (Å²) in [6.07, 6.45) is 9.03. The van der Waals surface area contributed by atoms with Crippen LogP contribution in [0.5, 0.6) is 0 Å². The standard InChI is InChI=1S/C9H19N.C5H5N/c1-3-7-10-8-5-6-9(10)4-2;1-2-4-6-5-3-1/h9H,3-8H2,1-2H3;1-5H/t9-;/m1./s1. The van der Waals surface area contributed by atoms with Crippen molar-refractivity contribution in [1.82, 2.24) is 9.88 Å². The van der Waals surface area contributed by atoms with E-state index in [-0.39, 0.29) is 0 Å². The molecule has 0 spiro atoms. The van der Waals surface area contributed by atoms with Gasteiger partial charge in [0.2, 0.25) is 0 Å². The van der Waals surface area contributed by atoms with E-state index >= 15 is 0 Å². The number of hydrogen-bond donors (Lipinski definition) is 0. The third kappa shape index (κ3) is 4.75. The van der Waals surface area contributed by atoms with Crippen LogP contribution < -0.4 is 0 Å². The summed E-state index contributed by atoms with van der Waals surface area (Å²) >= 11 is 0. The van der Waals surface area contributed by atoms with Crippen molar-refractivity contribution in [2.75, 3.05) is 13.1 Å². The highest BCUT2D eigenvalue weighted by Gasteiger charge is 2.20. The molecule has 0 amide bonds. The number of hydrogen-bond acceptors (Lipinski definition) is 2. The van der Waals surface area contributed by atoms with E-state index in [9.17, 15) is 0 Å². The Kier molecular flexibility index (Phi) is 6.82. The monoisotopic (exact) mass is 220 g/mol. The molecule has 2 nitrogen and oxygen atoms in total. The molecule has 2 heteroatoms. The highest BCUT2D eigenvalue weighted by molar-refractivity contribution is 4.88. The summed E-state index contributed by atoms with van der Waals surface area (Å²) in [6.45, 7) is 7.24. The first-order valence-electron chi connectivity index (χ1n) is 6.47. The van der Waals surface area contributed by atoms with Gasteiger partial charge in [0, 0.05) is 18.4 Å². The third-order valence-electron chi connectivity index (χ3n) is 3.05. The van der Waals surface area contributed by atoms with Crippen molar-refractivity contribution >= 4 is 0 Å². The Morgan fingerprint density at radius 1 is 1.19 bits per heavy atom. The van der Waals surface area contributed by atoms with Crippen molar-refractivity contribution in [1.29, 1.82) is 0 Å². The zero-order valence-electron chi connectivity index (χ0n) is 10.6. The van der Waals surface area contributed by atoms with Gasteiger partial charge in [-0.15, -0.1) is 0 Å². The van der Waals surface area contributed by atoms with Gasteiger partial charge in [-0.05, 0) is 50.9 Å². The fourth-order valence-electron chi connectivity index (χ4n) is 2.25. The number of pyridine rings is 1. The summed E-state index contributed by atoms with van der Waals surface area (Å²) in [5, 5.41) is 0. The van der Waals surface area contributed by atoms with Crippen LogP contribution >= 0.6 is 0 Å². The molecule has 0 bridgehead atoms. The molecule has 0 unspecified atom stereocenters. The fraction of sp³-hybridized carbons (Fsp3) is 0.643. The first-order chi connectivity index (χ1) is 7.88. The van der Waals surface area contributed by atoms with Gasteiger partial charge in [-0.25, -0.2) is 0 Å². The van der Waals surface area contributed by atoms with Crippen molar-refractivity contribution in [3.63, 3.8) is 0 Å². The molecule has 2 heterocycles. The third-order valence-corrected chi connectivity index (χ3v) is 3.05. The van der Waals surface area contributed by atoms with E-state index in [1.165, 1.54) is 38.8 Å². The largest absolute Gasteiger partial charge is 0.300 e. The zero-order chi connectivity index (χ0) is 11.6. The molecule has 2 rings (SSSR count). The topological polar surface area (TPSA) is 16.1 Å².